The monoisotopic (exact) mass is 323 g/mol. The lowest BCUT2D eigenvalue weighted by Crippen LogP contribution is -2.13. The smallest absolute Gasteiger partial charge is 0.249 e. The molecule has 118 valence electrons. The predicted molar refractivity (Wildman–Crippen MR) is 83.0 cm³/mol. The summed E-state index contributed by atoms with van der Waals surface area (Å²) in [4.78, 5) is 11.7. The maximum absolute atomic E-state index is 11.7. The van der Waals surface area contributed by atoms with Crippen molar-refractivity contribution >= 4 is 27.6 Å². The molecule has 0 aromatic carbocycles. The van der Waals surface area contributed by atoms with Gasteiger partial charge in [0.1, 0.15) is 21.4 Å². The van der Waals surface area contributed by atoms with Gasteiger partial charge in [-0.2, -0.15) is 5.10 Å². The quantitative estimate of drug-likeness (QED) is 0.813. The van der Waals surface area contributed by atoms with Gasteiger partial charge in [0.15, 0.2) is 5.82 Å². The predicted octanol–water partition coefficient (Wildman–Crippen LogP) is 1.48. The van der Waals surface area contributed by atoms with Crippen molar-refractivity contribution in [1.29, 1.82) is 0 Å². The molecule has 1 amide bonds. The van der Waals surface area contributed by atoms with E-state index in [0.29, 0.717) is 11.6 Å². The molecule has 0 atom stereocenters. The highest BCUT2D eigenvalue weighted by Crippen LogP contribution is 2.08. The van der Waals surface area contributed by atoms with E-state index in [4.69, 9.17) is 4.42 Å². The molecular weight excluding hydrogens is 306 g/mol. The minimum Gasteiger partial charge on any atom is -0.462 e. The number of anilines is 1. The molecule has 7 nitrogen and oxygen atoms in total. The molecule has 0 spiro atoms. The number of hydrogen-bond acceptors (Lipinski definition) is 5. The van der Waals surface area contributed by atoms with Crippen molar-refractivity contribution in [3.05, 3.63) is 42.0 Å². The summed E-state index contributed by atoms with van der Waals surface area (Å²) in [5.41, 5.74) is 0. The molecule has 0 aliphatic carbocycles. The first-order valence-corrected chi connectivity index (χ1v) is 8.64. The van der Waals surface area contributed by atoms with Crippen molar-refractivity contribution in [3.63, 3.8) is 0 Å². The third-order valence-corrected chi connectivity index (χ3v) is 3.67. The Balaban J connectivity index is 1.89. The van der Waals surface area contributed by atoms with Crippen molar-refractivity contribution in [2.45, 2.75) is 13.5 Å². The number of nitrogens with one attached hydrogen (secondary N) is 1. The topological polar surface area (TPSA) is 94.2 Å². The summed E-state index contributed by atoms with van der Waals surface area (Å²) in [6.45, 7) is 2.07. The number of rotatable bonds is 6. The second kappa shape index (κ2) is 6.61. The summed E-state index contributed by atoms with van der Waals surface area (Å²) in [6.07, 6.45) is 5.68. The van der Waals surface area contributed by atoms with Crippen LogP contribution < -0.4 is 5.32 Å². The van der Waals surface area contributed by atoms with Crippen molar-refractivity contribution in [2.24, 2.45) is 0 Å². The second-order valence-electron chi connectivity index (χ2n) is 4.86. The van der Waals surface area contributed by atoms with Crippen LogP contribution in [0.15, 0.2) is 34.9 Å². The lowest BCUT2D eigenvalue weighted by molar-refractivity contribution is -0.111. The van der Waals surface area contributed by atoms with E-state index in [1.807, 2.05) is 6.92 Å². The van der Waals surface area contributed by atoms with Crippen LogP contribution in [-0.2, 0) is 21.2 Å². The minimum absolute atomic E-state index is 0.000185. The van der Waals surface area contributed by atoms with E-state index in [9.17, 15) is 13.2 Å². The fourth-order valence-corrected chi connectivity index (χ4v) is 2.20. The largest absolute Gasteiger partial charge is 0.462 e. The number of hydrogen-bond donors (Lipinski definition) is 1. The Hall–Kier alpha value is -2.35. The number of aromatic nitrogens is 2. The molecule has 0 aliphatic heterocycles. The summed E-state index contributed by atoms with van der Waals surface area (Å²) < 4.78 is 28.9. The molecule has 8 heteroatoms. The highest BCUT2D eigenvalue weighted by Gasteiger charge is 2.06. The SMILES string of the molecule is Cc1ccc(/C=C/C(=O)Nc2ccn(CCS(C)(=O)=O)n2)o1. The molecule has 22 heavy (non-hydrogen) atoms. The number of carbonyl (C=O) groups excluding carboxylic acids is 1. The van der Waals surface area contributed by atoms with E-state index in [1.54, 1.807) is 30.5 Å². The molecular formula is C14H17N3O4S. The molecule has 0 aliphatic rings. The van der Waals surface area contributed by atoms with Crippen molar-refractivity contribution in [1.82, 2.24) is 9.78 Å². The summed E-state index contributed by atoms with van der Waals surface area (Å²) in [7, 11) is -3.04. The van der Waals surface area contributed by atoms with Crippen LogP contribution in [0.2, 0.25) is 0 Å². The molecule has 0 saturated carbocycles. The van der Waals surface area contributed by atoms with Gasteiger partial charge < -0.3 is 9.73 Å². The number of carbonyl (C=O) groups is 1. The fraction of sp³-hybridized carbons (Fsp3) is 0.286. The van der Waals surface area contributed by atoms with Gasteiger partial charge in [-0.15, -0.1) is 0 Å². The number of aryl methyl sites for hydroxylation is 2. The van der Waals surface area contributed by atoms with Gasteiger partial charge in [-0.1, -0.05) is 0 Å². The Kier molecular flexibility index (Phi) is 4.81. The Labute approximate surface area is 128 Å². The van der Waals surface area contributed by atoms with Crippen molar-refractivity contribution < 1.29 is 17.6 Å². The van der Waals surface area contributed by atoms with Gasteiger partial charge in [0.25, 0.3) is 0 Å². The van der Waals surface area contributed by atoms with Crippen LogP contribution in [0.1, 0.15) is 11.5 Å². The van der Waals surface area contributed by atoms with Crippen LogP contribution in [-0.4, -0.2) is 36.1 Å². The number of amides is 1. The summed E-state index contributed by atoms with van der Waals surface area (Å²) in [6, 6.07) is 5.17. The first kappa shape index (κ1) is 16.0. The van der Waals surface area contributed by atoms with Gasteiger partial charge in [0, 0.05) is 24.6 Å². The Morgan fingerprint density at radius 2 is 2.18 bits per heavy atom. The average molecular weight is 323 g/mol. The zero-order valence-corrected chi connectivity index (χ0v) is 13.1. The standard InChI is InChI=1S/C14H17N3O4S/c1-11-3-4-12(21-11)5-6-14(18)15-13-7-8-17(16-13)9-10-22(2,19)20/h3-8H,9-10H2,1-2H3,(H,15,16,18)/b6-5+. The number of nitrogens with zero attached hydrogens (tertiary/aromatic N) is 2. The summed E-state index contributed by atoms with van der Waals surface area (Å²) >= 11 is 0. The van der Waals surface area contributed by atoms with Gasteiger partial charge >= 0.3 is 0 Å². The third-order valence-electron chi connectivity index (χ3n) is 2.74. The van der Waals surface area contributed by atoms with Crippen LogP contribution in [0.4, 0.5) is 5.82 Å². The molecule has 2 aromatic heterocycles. The van der Waals surface area contributed by atoms with E-state index in [2.05, 4.69) is 10.4 Å². The van der Waals surface area contributed by atoms with E-state index < -0.39 is 9.84 Å². The van der Waals surface area contributed by atoms with Crippen molar-refractivity contribution in [3.8, 4) is 0 Å². The van der Waals surface area contributed by atoms with E-state index in [0.717, 1.165) is 5.76 Å². The zero-order valence-electron chi connectivity index (χ0n) is 12.3. The molecule has 1 N–H and O–H groups in total. The Morgan fingerprint density at radius 1 is 1.41 bits per heavy atom. The highest BCUT2D eigenvalue weighted by atomic mass is 32.2. The molecule has 0 unspecified atom stereocenters. The average Bonchev–Trinajstić information content (AvgIpc) is 3.02. The zero-order chi connectivity index (χ0) is 16.2. The number of furan rings is 1. The fourth-order valence-electron chi connectivity index (χ4n) is 1.68. The van der Waals surface area contributed by atoms with Crippen LogP contribution >= 0.6 is 0 Å². The molecule has 0 saturated heterocycles. The highest BCUT2D eigenvalue weighted by molar-refractivity contribution is 7.90. The third kappa shape index (κ3) is 5.21. The first-order valence-electron chi connectivity index (χ1n) is 6.58. The van der Waals surface area contributed by atoms with Crippen molar-refractivity contribution in [2.75, 3.05) is 17.3 Å². The normalized spacial score (nSPS) is 11.9. The lowest BCUT2D eigenvalue weighted by atomic mass is 10.4. The molecule has 2 rings (SSSR count). The van der Waals surface area contributed by atoms with Gasteiger partial charge in [0.05, 0.1) is 12.3 Å². The molecule has 0 bridgehead atoms. The van der Waals surface area contributed by atoms with Gasteiger partial charge in [-0.25, -0.2) is 8.42 Å². The summed E-state index contributed by atoms with van der Waals surface area (Å²) in [5, 5.41) is 6.66. The molecule has 0 fully saturated rings. The van der Waals surface area contributed by atoms with Crippen LogP contribution in [0.5, 0.6) is 0 Å². The van der Waals surface area contributed by atoms with Gasteiger partial charge in [-0.05, 0) is 25.1 Å². The molecule has 0 radical (unpaired) electrons. The molecule has 2 aromatic rings. The maximum Gasteiger partial charge on any atom is 0.249 e. The maximum atomic E-state index is 11.7. The lowest BCUT2D eigenvalue weighted by Gasteiger charge is -2.00. The second-order valence-corrected chi connectivity index (χ2v) is 7.12. The Morgan fingerprint density at radius 3 is 2.82 bits per heavy atom. The van der Waals surface area contributed by atoms with E-state index >= 15 is 0 Å². The minimum atomic E-state index is -3.04. The van der Waals surface area contributed by atoms with E-state index in [-0.39, 0.29) is 18.2 Å². The number of sulfone groups is 1. The van der Waals surface area contributed by atoms with E-state index in [1.165, 1.54) is 17.0 Å². The van der Waals surface area contributed by atoms with Crippen LogP contribution in [0.3, 0.4) is 0 Å². The molecule has 2 heterocycles. The Bertz CT molecular complexity index is 787. The van der Waals surface area contributed by atoms with Gasteiger partial charge in [-0.3, -0.25) is 9.48 Å². The first-order chi connectivity index (χ1) is 10.3. The van der Waals surface area contributed by atoms with Gasteiger partial charge in [0.2, 0.25) is 5.91 Å². The summed E-state index contributed by atoms with van der Waals surface area (Å²) in [5.74, 6) is 1.37. The van der Waals surface area contributed by atoms with Crippen LogP contribution in [0.25, 0.3) is 6.08 Å². The van der Waals surface area contributed by atoms with Crippen LogP contribution in [0, 0.1) is 6.92 Å².